The van der Waals surface area contributed by atoms with Gasteiger partial charge in [-0.1, -0.05) is 25.4 Å². The molecule has 0 heterocycles. The van der Waals surface area contributed by atoms with Crippen molar-refractivity contribution in [2.24, 2.45) is 11.7 Å². The van der Waals surface area contributed by atoms with E-state index in [0.717, 1.165) is 24.6 Å². The Morgan fingerprint density at radius 3 is 2.35 bits per heavy atom. The molecule has 0 bridgehead atoms. The monoisotopic (exact) mass is 309 g/mol. The summed E-state index contributed by atoms with van der Waals surface area (Å²) in [6, 6.07) is 2.04. The molecule has 1 aromatic rings. The zero-order valence-corrected chi connectivity index (χ0v) is 12.2. The number of hydrogen-bond acceptors (Lipinski definition) is 2. The fraction of sp³-hybridized carbons (Fsp3) is 0.571. The first kappa shape index (κ1) is 17.3. The van der Waals surface area contributed by atoms with Crippen LogP contribution in [0.15, 0.2) is 18.2 Å². The van der Waals surface area contributed by atoms with E-state index in [2.05, 4.69) is 0 Å². The molecular formula is C14H19ClF3NO. The molecule has 3 N–H and O–H groups in total. The van der Waals surface area contributed by atoms with Crippen LogP contribution in [-0.2, 0) is 6.18 Å². The Bertz CT molecular complexity index is 449. The molecule has 0 saturated heterocycles. The molecule has 0 aliphatic rings. The maximum absolute atomic E-state index is 12.7. The van der Waals surface area contributed by atoms with Gasteiger partial charge >= 0.3 is 6.18 Å². The summed E-state index contributed by atoms with van der Waals surface area (Å²) in [5.74, 6) is 0.383. The molecule has 2 nitrogen and oxygen atoms in total. The number of alkyl halides is 3. The van der Waals surface area contributed by atoms with Crippen molar-refractivity contribution in [3.05, 3.63) is 34.3 Å². The number of aliphatic hydroxyl groups excluding tert-OH is 1. The van der Waals surface area contributed by atoms with Gasteiger partial charge in [0.25, 0.3) is 0 Å². The molecule has 0 aliphatic heterocycles. The van der Waals surface area contributed by atoms with Gasteiger partial charge in [0.2, 0.25) is 0 Å². The highest BCUT2D eigenvalue weighted by Gasteiger charge is 2.32. The van der Waals surface area contributed by atoms with Crippen LogP contribution in [0.4, 0.5) is 13.2 Å². The average Bonchev–Trinajstić information content (AvgIpc) is 2.34. The first-order valence-corrected chi connectivity index (χ1v) is 6.81. The van der Waals surface area contributed by atoms with Crippen molar-refractivity contribution < 1.29 is 18.3 Å². The maximum atomic E-state index is 12.7. The van der Waals surface area contributed by atoms with Gasteiger partial charge in [0.05, 0.1) is 17.7 Å². The Morgan fingerprint density at radius 1 is 1.25 bits per heavy atom. The van der Waals surface area contributed by atoms with Gasteiger partial charge in [-0.05, 0) is 42.5 Å². The minimum atomic E-state index is -4.46. The molecule has 0 unspecified atom stereocenters. The molecule has 0 saturated carbocycles. The molecule has 1 rings (SSSR count). The standard InChI is InChI=1S/C14H19ClF3NO/c1-8(2)3-6-12(20)13(19)10-7-9(14(16,17)18)4-5-11(10)15/h4-5,7-8,12-13,20H,3,6,19H2,1-2H3/t12-,13+/m0/s1. The first-order valence-electron chi connectivity index (χ1n) is 6.43. The van der Waals surface area contributed by atoms with Crippen LogP contribution >= 0.6 is 11.6 Å². The lowest BCUT2D eigenvalue weighted by Crippen LogP contribution is -2.27. The molecule has 0 fully saturated rings. The lowest BCUT2D eigenvalue weighted by Gasteiger charge is -2.22. The summed E-state index contributed by atoms with van der Waals surface area (Å²) in [4.78, 5) is 0. The number of halogens is 4. The number of benzene rings is 1. The van der Waals surface area contributed by atoms with Gasteiger partial charge in [-0.25, -0.2) is 0 Å². The molecule has 0 amide bonds. The normalized spacial score (nSPS) is 15.4. The van der Waals surface area contributed by atoms with Crippen LogP contribution in [0.25, 0.3) is 0 Å². The van der Waals surface area contributed by atoms with E-state index in [1.807, 2.05) is 13.8 Å². The summed E-state index contributed by atoms with van der Waals surface area (Å²) in [5, 5.41) is 10.1. The maximum Gasteiger partial charge on any atom is 0.416 e. The number of aliphatic hydroxyl groups is 1. The second-order valence-corrected chi connectivity index (χ2v) is 5.71. The number of hydrogen-bond donors (Lipinski definition) is 2. The van der Waals surface area contributed by atoms with Gasteiger partial charge in [-0.15, -0.1) is 0 Å². The molecule has 0 radical (unpaired) electrons. The summed E-state index contributed by atoms with van der Waals surface area (Å²) >= 11 is 5.89. The molecule has 1 aromatic carbocycles. The Kier molecular flexibility index (Phi) is 5.86. The second-order valence-electron chi connectivity index (χ2n) is 5.30. The molecule has 2 atom stereocenters. The minimum Gasteiger partial charge on any atom is -0.391 e. The third-order valence-corrected chi connectivity index (χ3v) is 3.48. The van der Waals surface area contributed by atoms with E-state index in [1.54, 1.807) is 0 Å². The molecule has 0 aromatic heterocycles. The third kappa shape index (κ3) is 4.65. The largest absolute Gasteiger partial charge is 0.416 e. The predicted octanol–water partition coefficient (Wildman–Crippen LogP) is 4.16. The first-order chi connectivity index (χ1) is 9.12. The van der Waals surface area contributed by atoms with Gasteiger partial charge in [0, 0.05) is 5.02 Å². The lowest BCUT2D eigenvalue weighted by atomic mass is 9.95. The molecule has 114 valence electrons. The van der Waals surface area contributed by atoms with Crippen LogP contribution in [0.2, 0.25) is 5.02 Å². The van der Waals surface area contributed by atoms with Crippen LogP contribution in [0.5, 0.6) is 0 Å². The summed E-state index contributed by atoms with van der Waals surface area (Å²) in [6.45, 7) is 3.99. The Balaban J connectivity index is 2.94. The Labute approximate surface area is 121 Å². The zero-order valence-electron chi connectivity index (χ0n) is 11.4. The van der Waals surface area contributed by atoms with E-state index >= 15 is 0 Å². The highest BCUT2D eigenvalue weighted by Crippen LogP contribution is 2.34. The summed E-state index contributed by atoms with van der Waals surface area (Å²) in [6.07, 6.45) is -4.21. The minimum absolute atomic E-state index is 0.123. The molecule has 6 heteroatoms. The van der Waals surface area contributed by atoms with E-state index in [1.165, 1.54) is 0 Å². The fourth-order valence-electron chi connectivity index (χ4n) is 1.87. The lowest BCUT2D eigenvalue weighted by molar-refractivity contribution is -0.137. The van der Waals surface area contributed by atoms with E-state index < -0.39 is 23.9 Å². The van der Waals surface area contributed by atoms with Crippen molar-refractivity contribution >= 4 is 11.6 Å². The van der Waals surface area contributed by atoms with Crippen molar-refractivity contribution in [2.75, 3.05) is 0 Å². The van der Waals surface area contributed by atoms with Crippen molar-refractivity contribution in [1.82, 2.24) is 0 Å². The number of rotatable bonds is 5. The quantitative estimate of drug-likeness (QED) is 0.858. The predicted molar refractivity (Wildman–Crippen MR) is 73.5 cm³/mol. The van der Waals surface area contributed by atoms with Crippen molar-refractivity contribution in [3.8, 4) is 0 Å². The summed E-state index contributed by atoms with van der Waals surface area (Å²) < 4.78 is 38.0. The van der Waals surface area contributed by atoms with Crippen molar-refractivity contribution in [2.45, 2.75) is 45.0 Å². The van der Waals surface area contributed by atoms with Crippen molar-refractivity contribution in [1.29, 1.82) is 0 Å². The van der Waals surface area contributed by atoms with Crippen LogP contribution < -0.4 is 5.73 Å². The topological polar surface area (TPSA) is 46.2 Å². The van der Waals surface area contributed by atoms with E-state index in [0.29, 0.717) is 12.3 Å². The van der Waals surface area contributed by atoms with Gasteiger partial charge in [0.1, 0.15) is 0 Å². The average molecular weight is 310 g/mol. The van der Waals surface area contributed by atoms with Crippen LogP contribution in [0.1, 0.15) is 43.9 Å². The van der Waals surface area contributed by atoms with Crippen LogP contribution in [0, 0.1) is 5.92 Å². The fourth-order valence-corrected chi connectivity index (χ4v) is 2.11. The highest BCUT2D eigenvalue weighted by molar-refractivity contribution is 6.31. The number of nitrogens with two attached hydrogens (primary N) is 1. The SMILES string of the molecule is CC(C)CC[C@H](O)[C@H](N)c1cc(C(F)(F)F)ccc1Cl. The van der Waals surface area contributed by atoms with Gasteiger partial charge in [-0.2, -0.15) is 13.2 Å². The molecule has 0 spiro atoms. The highest BCUT2D eigenvalue weighted by atomic mass is 35.5. The third-order valence-electron chi connectivity index (χ3n) is 3.14. The van der Waals surface area contributed by atoms with E-state index in [9.17, 15) is 18.3 Å². The molecule has 20 heavy (non-hydrogen) atoms. The zero-order chi connectivity index (χ0) is 15.5. The summed E-state index contributed by atoms with van der Waals surface area (Å²) in [5.41, 5.74) is 5.14. The second kappa shape index (κ2) is 6.78. The summed E-state index contributed by atoms with van der Waals surface area (Å²) in [7, 11) is 0. The van der Waals surface area contributed by atoms with Gasteiger partial charge in [0.15, 0.2) is 0 Å². The Morgan fingerprint density at radius 2 is 1.85 bits per heavy atom. The van der Waals surface area contributed by atoms with E-state index in [-0.39, 0.29) is 10.6 Å². The molecule has 0 aliphatic carbocycles. The van der Waals surface area contributed by atoms with Crippen LogP contribution in [-0.4, -0.2) is 11.2 Å². The van der Waals surface area contributed by atoms with Crippen molar-refractivity contribution in [3.63, 3.8) is 0 Å². The van der Waals surface area contributed by atoms with E-state index in [4.69, 9.17) is 17.3 Å². The Hall–Kier alpha value is -0.780. The molecular weight excluding hydrogens is 291 g/mol. The smallest absolute Gasteiger partial charge is 0.391 e. The van der Waals surface area contributed by atoms with Gasteiger partial charge < -0.3 is 10.8 Å². The van der Waals surface area contributed by atoms with Gasteiger partial charge in [-0.3, -0.25) is 0 Å². The van der Waals surface area contributed by atoms with Crippen LogP contribution in [0.3, 0.4) is 0 Å².